The summed E-state index contributed by atoms with van der Waals surface area (Å²) in [7, 11) is 3.60. The van der Waals surface area contributed by atoms with E-state index in [9.17, 15) is 4.79 Å². The summed E-state index contributed by atoms with van der Waals surface area (Å²) in [6.07, 6.45) is 0. The van der Waals surface area contributed by atoms with Gasteiger partial charge in [-0.2, -0.15) is 0 Å². The fourth-order valence-corrected chi connectivity index (χ4v) is 2.79. The van der Waals surface area contributed by atoms with Crippen molar-refractivity contribution in [2.24, 2.45) is 0 Å². The van der Waals surface area contributed by atoms with Crippen LogP contribution in [0.2, 0.25) is 0 Å². The molecule has 134 valence electrons. The van der Waals surface area contributed by atoms with Gasteiger partial charge >= 0.3 is 0 Å². The highest BCUT2D eigenvalue weighted by Gasteiger charge is 2.12. The quantitative estimate of drug-likeness (QED) is 0.837. The number of ether oxygens (including phenoxy) is 1. The van der Waals surface area contributed by atoms with E-state index < -0.39 is 0 Å². The first-order valence-electron chi connectivity index (χ1n) is 8.57. The van der Waals surface area contributed by atoms with Crippen LogP contribution in [0.5, 0.6) is 5.75 Å². The maximum Gasteiger partial charge on any atom is 0.234 e. The number of methoxy groups -OCH3 is 1. The highest BCUT2D eigenvalue weighted by molar-refractivity contribution is 5.78. The number of carbonyl (C=O) groups is 1. The maximum atomic E-state index is 12.3. The second kappa shape index (κ2) is 8.67. The smallest absolute Gasteiger partial charge is 0.234 e. The Bertz CT molecular complexity index is 728. The Balaban J connectivity index is 1.88. The normalized spacial score (nSPS) is 12.1. The SMILES string of the molecule is COc1cccc(CN(C)CC(=O)NC(C)c2ccc(C)c(C)c2)c1. The van der Waals surface area contributed by atoms with E-state index >= 15 is 0 Å². The van der Waals surface area contributed by atoms with Crippen LogP contribution in [0.15, 0.2) is 42.5 Å². The third-order valence-electron chi connectivity index (χ3n) is 4.41. The first-order chi connectivity index (χ1) is 11.9. The summed E-state index contributed by atoms with van der Waals surface area (Å²) >= 11 is 0. The molecule has 1 N–H and O–H groups in total. The minimum absolute atomic E-state index is 0.00276. The number of aryl methyl sites for hydroxylation is 2. The van der Waals surface area contributed by atoms with Crippen molar-refractivity contribution in [1.29, 1.82) is 0 Å². The van der Waals surface area contributed by atoms with Crippen LogP contribution >= 0.6 is 0 Å². The van der Waals surface area contributed by atoms with Crippen molar-refractivity contribution in [2.45, 2.75) is 33.4 Å². The van der Waals surface area contributed by atoms with Crippen LogP contribution in [-0.2, 0) is 11.3 Å². The van der Waals surface area contributed by atoms with Crippen molar-refractivity contribution in [3.8, 4) is 5.75 Å². The van der Waals surface area contributed by atoms with E-state index in [0.717, 1.165) is 16.9 Å². The Labute approximate surface area is 150 Å². The van der Waals surface area contributed by atoms with Gasteiger partial charge in [0, 0.05) is 6.54 Å². The highest BCUT2D eigenvalue weighted by Crippen LogP contribution is 2.17. The monoisotopic (exact) mass is 340 g/mol. The van der Waals surface area contributed by atoms with Gasteiger partial charge in [-0.15, -0.1) is 0 Å². The molecule has 1 amide bonds. The number of amides is 1. The lowest BCUT2D eigenvalue weighted by atomic mass is 10.0. The van der Waals surface area contributed by atoms with Crippen LogP contribution in [0, 0.1) is 13.8 Å². The summed E-state index contributed by atoms with van der Waals surface area (Å²) in [5.41, 5.74) is 4.76. The molecule has 0 fully saturated rings. The number of benzene rings is 2. The second-order valence-electron chi connectivity index (χ2n) is 6.66. The molecule has 0 bridgehead atoms. The summed E-state index contributed by atoms with van der Waals surface area (Å²) in [4.78, 5) is 14.3. The molecule has 4 nitrogen and oxygen atoms in total. The van der Waals surface area contributed by atoms with Crippen LogP contribution in [-0.4, -0.2) is 31.5 Å². The molecule has 1 atom stereocenters. The molecule has 0 aromatic heterocycles. The zero-order chi connectivity index (χ0) is 18.4. The summed E-state index contributed by atoms with van der Waals surface area (Å²) in [5.74, 6) is 0.856. The molecule has 0 aliphatic heterocycles. The van der Waals surface area contributed by atoms with Crippen LogP contribution < -0.4 is 10.1 Å². The van der Waals surface area contributed by atoms with Gasteiger partial charge in [-0.1, -0.05) is 30.3 Å². The average Bonchev–Trinajstić information content (AvgIpc) is 2.57. The summed E-state index contributed by atoms with van der Waals surface area (Å²) in [5, 5.41) is 3.08. The van der Waals surface area contributed by atoms with E-state index in [-0.39, 0.29) is 11.9 Å². The van der Waals surface area contributed by atoms with Gasteiger partial charge in [0.15, 0.2) is 0 Å². The molecule has 2 aromatic carbocycles. The Kier molecular flexibility index (Phi) is 6.59. The van der Waals surface area contributed by atoms with E-state index in [2.05, 4.69) is 37.4 Å². The molecule has 4 heteroatoms. The van der Waals surface area contributed by atoms with E-state index in [4.69, 9.17) is 4.74 Å². The minimum atomic E-state index is -0.00276. The number of nitrogens with zero attached hydrogens (tertiary/aromatic N) is 1. The van der Waals surface area contributed by atoms with Crippen LogP contribution in [0.3, 0.4) is 0 Å². The molecule has 0 saturated carbocycles. The molecule has 0 aliphatic rings. The molecule has 0 saturated heterocycles. The zero-order valence-corrected chi connectivity index (χ0v) is 15.8. The van der Waals surface area contributed by atoms with Gasteiger partial charge in [-0.3, -0.25) is 9.69 Å². The number of hydrogen-bond acceptors (Lipinski definition) is 3. The van der Waals surface area contributed by atoms with Crippen molar-refractivity contribution in [3.05, 3.63) is 64.7 Å². The number of carbonyl (C=O) groups excluding carboxylic acids is 1. The Morgan fingerprint density at radius 2 is 1.92 bits per heavy atom. The molecular formula is C21H28N2O2. The molecule has 2 aromatic rings. The summed E-state index contributed by atoms with van der Waals surface area (Å²) < 4.78 is 5.24. The second-order valence-corrected chi connectivity index (χ2v) is 6.66. The predicted octanol–water partition coefficient (Wildman–Crippen LogP) is 3.62. The van der Waals surface area contributed by atoms with Crippen LogP contribution in [0.4, 0.5) is 0 Å². The fraction of sp³-hybridized carbons (Fsp3) is 0.381. The van der Waals surface area contributed by atoms with Gasteiger partial charge in [0.1, 0.15) is 5.75 Å². The van der Waals surface area contributed by atoms with E-state index in [1.54, 1.807) is 7.11 Å². The van der Waals surface area contributed by atoms with Gasteiger partial charge in [0.25, 0.3) is 0 Å². The van der Waals surface area contributed by atoms with Gasteiger partial charge < -0.3 is 10.1 Å². The average molecular weight is 340 g/mol. The molecule has 1 unspecified atom stereocenters. The van der Waals surface area contributed by atoms with Crippen molar-refractivity contribution in [2.75, 3.05) is 20.7 Å². The van der Waals surface area contributed by atoms with Crippen LogP contribution in [0.25, 0.3) is 0 Å². The van der Waals surface area contributed by atoms with Gasteiger partial charge in [0.05, 0.1) is 19.7 Å². The Morgan fingerprint density at radius 1 is 1.16 bits per heavy atom. The molecule has 0 heterocycles. The maximum absolute atomic E-state index is 12.3. The molecule has 0 radical (unpaired) electrons. The van der Waals surface area contributed by atoms with E-state index in [1.165, 1.54) is 11.1 Å². The summed E-state index contributed by atoms with van der Waals surface area (Å²) in [6, 6.07) is 14.2. The Hall–Kier alpha value is -2.33. The zero-order valence-electron chi connectivity index (χ0n) is 15.8. The first-order valence-corrected chi connectivity index (χ1v) is 8.57. The van der Waals surface area contributed by atoms with Gasteiger partial charge in [0.2, 0.25) is 5.91 Å². The Morgan fingerprint density at radius 3 is 2.60 bits per heavy atom. The number of hydrogen-bond donors (Lipinski definition) is 1. The third-order valence-corrected chi connectivity index (χ3v) is 4.41. The molecule has 25 heavy (non-hydrogen) atoms. The fourth-order valence-electron chi connectivity index (χ4n) is 2.79. The largest absolute Gasteiger partial charge is 0.497 e. The van der Waals surface area contributed by atoms with Gasteiger partial charge in [-0.05, 0) is 62.2 Å². The molecular weight excluding hydrogens is 312 g/mol. The van der Waals surface area contributed by atoms with Crippen LogP contribution in [0.1, 0.15) is 35.2 Å². The number of rotatable bonds is 7. The van der Waals surface area contributed by atoms with Gasteiger partial charge in [-0.25, -0.2) is 0 Å². The standard InChI is InChI=1S/C21H28N2O2/c1-15-9-10-19(11-16(15)2)17(3)22-21(24)14-23(4)13-18-7-6-8-20(12-18)25-5/h6-12,17H,13-14H2,1-5H3,(H,22,24). The molecule has 0 spiro atoms. The lowest BCUT2D eigenvalue weighted by Crippen LogP contribution is -2.36. The van der Waals surface area contributed by atoms with E-state index in [0.29, 0.717) is 13.1 Å². The first kappa shape index (κ1) is 19.0. The van der Waals surface area contributed by atoms with E-state index in [1.807, 2.05) is 43.1 Å². The highest BCUT2D eigenvalue weighted by atomic mass is 16.5. The topological polar surface area (TPSA) is 41.6 Å². The minimum Gasteiger partial charge on any atom is -0.497 e. The summed E-state index contributed by atoms with van der Waals surface area (Å²) in [6.45, 7) is 7.25. The predicted molar refractivity (Wildman–Crippen MR) is 102 cm³/mol. The molecule has 0 aliphatic carbocycles. The van der Waals surface area contributed by atoms with Crippen molar-refractivity contribution in [1.82, 2.24) is 10.2 Å². The van der Waals surface area contributed by atoms with Crippen molar-refractivity contribution < 1.29 is 9.53 Å². The lowest BCUT2D eigenvalue weighted by molar-refractivity contribution is -0.122. The molecule has 2 rings (SSSR count). The number of likely N-dealkylation sites (N-methyl/N-ethyl adjacent to an activating group) is 1. The van der Waals surface area contributed by atoms with Crippen molar-refractivity contribution >= 4 is 5.91 Å². The number of nitrogens with one attached hydrogen (secondary N) is 1. The third kappa shape index (κ3) is 5.61. The lowest BCUT2D eigenvalue weighted by Gasteiger charge is -2.20. The van der Waals surface area contributed by atoms with Crippen molar-refractivity contribution in [3.63, 3.8) is 0 Å².